The first-order chi connectivity index (χ1) is 13.1. The van der Waals surface area contributed by atoms with Crippen LogP contribution in [0.15, 0.2) is 42.5 Å². The molecule has 0 radical (unpaired) electrons. The summed E-state index contributed by atoms with van der Waals surface area (Å²) in [5.41, 5.74) is 2.39. The molecular formula is C20H21N3O3S. The molecule has 0 saturated carbocycles. The third kappa shape index (κ3) is 5.04. The summed E-state index contributed by atoms with van der Waals surface area (Å²) in [6, 6.07) is 12.9. The first kappa shape index (κ1) is 18.8. The molecule has 3 rings (SSSR count). The lowest BCUT2D eigenvalue weighted by Crippen LogP contribution is -2.14. The lowest BCUT2D eigenvalue weighted by atomic mass is 10.1. The molecule has 0 aliphatic heterocycles. The number of amides is 2. The normalized spacial score (nSPS) is 10.6. The van der Waals surface area contributed by atoms with Crippen LogP contribution in [0.3, 0.4) is 0 Å². The maximum atomic E-state index is 12.3. The summed E-state index contributed by atoms with van der Waals surface area (Å²) >= 11 is 1.41. The SMILES string of the molecule is CCCC(=O)Nc1nc2ccc(CC(=O)Nc3cccc(OC)c3)cc2s1. The van der Waals surface area contributed by atoms with Gasteiger partial charge in [0.15, 0.2) is 5.13 Å². The highest BCUT2D eigenvalue weighted by atomic mass is 32.1. The van der Waals surface area contributed by atoms with Crippen LogP contribution in [0.1, 0.15) is 25.3 Å². The Balaban J connectivity index is 1.67. The molecule has 140 valence electrons. The van der Waals surface area contributed by atoms with Crippen LogP contribution in [0, 0.1) is 0 Å². The molecule has 1 aromatic heterocycles. The van der Waals surface area contributed by atoms with Crippen molar-refractivity contribution in [2.45, 2.75) is 26.2 Å². The summed E-state index contributed by atoms with van der Waals surface area (Å²) < 4.78 is 6.10. The molecule has 3 aromatic rings. The van der Waals surface area contributed by atoms with Gasteiger partial charge in [0, 0.05) is 18.2 Å². The molecule has 2 aromatic carbocycles. The van der Waals surface area contributed by atoms with Crippen molar-refractivity contribution in [1.29, 1.82) is 0 Å². The Morgan fingerprint density at radius 2 is 1.96 bits per heavy atom. The number of ether oxygens (including phenoxy) is 1. The zero-order valence-corrected chi connectivity index (χ0v) is 16.1. The van der Waals surface area contributed by atoms with Crippen molar-refractivity contribution in [3.63, 3.8) is 0 Å². The summed E-state index contributed by atoms with van der Waals surface area (Å²) in [5.74, 6) is 0.551. The zero-order chi connectivity index (χ0) is 19.2. The molecule has 0 aliphatic carbocycles. The second-order valence-corrected chi connectivity index (χ2v) is 7.11. The Morgan fingerprint density at radius 1 is 1.11 bits per heavy atom. The highest BCUT2D eigenvalue weighted by Gasteiger charge is 2.10. The van der Waals surface area contributed by atoms with E-state index in [1.54, 1.807) is 13.2 Å². The quantitative estimate of drug-likeness (QED) is 0.640. The fourth-order valence-corrected chi connectivity index (χ4v) is 3.58. The number of hydrogen-bond donors (Lipinski definition) is 2. The van der Waals surface area contributed by atoms with Crippen molar-refractivity contribution in [2.75, 3.05) is 17.7 Å². The Morgan fingerprint density at radius 3 is 2.74 bits per heavy atom. The third-order valence-corrected chi connectivity index (χ3v) is 4.83. The van der Waals surface area contributed by atoms with Gasteiger partial charge in [-0.3, -0.25) is 9.59 Å². The topological polar surface area (TPSA) is 80.3 Å². The second-order valence-electron chi connectivity index (χ2n) is 6.08. The molecule has 2 N–H and O–H groups in total. The standard InChI is InChI=1S/C20H21N3O3S/c1-3-5-18(24)23-20-22-16-9-8-13(10-17(16)27-20)11-19(25)21-14-6-4-7-15(12-14)26-2/h4,6-10,12H,3,5,11H2,1-2H3,(H,21,25)(H,22,23,24). The van der Waals surface area contributed by atoms with Crippen LogP contribution in [-0.2, 0) is 16.0 Å². The number of thiazole rings is 1. The number of nitrogens with zero attached hydrogens (tertiary/aromatic N) is 1. The molecule has 0 unspecified atom stereocenters. The van der Waals surface area contributed by atoms with Crippen molar-refractivity contribution < 1.29 is 14.3 Å². The fourth-order valence-electron chi connectivity index (χ4n) is 2.63. The van der Waals surface area contributed by atoms with Gasteiger partial charge in [0.1, 0.15) is 5.75 Å². The predicted molar refractivity (Wildman–Crippen MR) is 108 cm³/mol. The van der Waals surface area contributed by atoms with E-state index in [0.29, 0.717) is 23.0 Å². The van der Waals surface area contributed by atoms with E-state index in [0.717, 1.165) is 22.2 Å². The molecule has 6 nitrogen and oxygen atoms in total. The third-order valence-electron chi connectivity index (χ3n) is 3.89. The maximum Gasteiger partial charge on any atom is 0.228 e. The molecule has 0 spiro atoms. The largest absolute Gasteiger partial charge is 0.497 e. The van der Waals surface area contributed by atoms with Crippen LogP contribution >= 0.6 is 11.3 Å². The number of hydrogen-bond acceptors (Lipinski definition) is 5. The van der Waals surface area contributed by atoms with E-state index in [-0.39, 0.29) is 18.2 Å². The maximum absolute atomic E-state index is 12.3. The van der Waals surface area contributed by atoms with Crippen molar-refractivity contribution >= 4 is 44.2 Å². The van der Waals surface area contributed by atoms with E-state index in [9.17, 15) is 9.59 Å². The van der Waals surface area contributed by atoms with Gasteiger partial charge in [0.25, 0.3) is 0 Å². The minimum Gasteiger partial charge on any atom is -0.497 e. The molecule has 0 bridgehead atoms. The number of rotatable bonds is 7. The molecular weight excluding hydrogens is 362 g/mol. The lowest BCUT2D eigenvalue weighted by molar-refractivity contribution is -0.116. The number of carbonyl (C=O) groups is 2. The number of nitrogens with one attached hydrogen (secondary N) is 2. The molecule has 0 atom stereocenters. The molecule has 0 aliphatic rings. The van der Waals surface area contributed by atoms with E-state index >= 15 is 0 Å². The number of fused-ring (bicyclic) bond motifs is 1. The molecule has 27 heavy (non-hydrogen) atoms. The molecule has 0 saturated heterocycles. The molecule has 1 heterocycles. The Hall–Kier alpha value is -2.93. The Labute approximate surface area is 161 Å². The van der Waals surface area contributed by atoms with Gasteiger partial charge in [-0.15, -0.1) is 0 Å². The summed E-state index contributed by atoms with van der Waals surface area (Å²) in [6.45, 7) is 1.96. The van der Waals surface area contributed by atoms with Crippen molar-refractivity contribution in [2.24, 2.45) is 0 Å². The van der Waals surface area contributed by atoms with E-state index in [4.69, 9.17) is 4.74 Å². The van der Waals surface area contributed by atoms with Gasteiger partial charge in [-0.25, -0.2) is 4.98 Å². The molecule has 0 fully saturated rings. The smallest absolute Gasteiger partial charge is 0.228 e. The van der Waals surface area contributed by atoms with E-state index in [1.165, 1.54) is 11.3 Å². The number of carbonyl (C=O) groups excluding carboxylic acids is 2. The van der Waals surface area contributed by atoms with Crippen molar-refractivity contribution in [1.82, 2.24) is 4.98 Å². The van der Waals surface area contributed by atoms with Crippen LogP contribution in [0.2, 0.25) is 0 Å². The van der Waals surface area contributed by atoms with Crippen molar-refractivity contribution in [3.8, 4) is 5.75 Å². The predicted octanol–water partition coefficient (Wildman–Crippen LogP) is 4.22. The average Bonchev–Trinajstić information content (AvgIpc) is 3.03. The summed E-state index contributed by atoms with van der Waals surface area (Å²) in [6.07, 6.45) is 1.53. The number of anilines is 2. The van der Waals surface area contributed by atoms with Crippen LogP contribution in [0.25, 0.3) is 10.2 Å². The Bertz CT molecular complexity index is 968. The monoisotopic (exact) mass is 383 g/mol. The highest BCUT2D eigenvalue weighted by molar-refractivity contribution is 7.22. The van der Waals surface area contributed by atoms with Crippen LogP contribution in [-0.4, -0.2) is 23.9 Å². The fraction of sp³-hybridized carbons (Fsp3) is 0.250. The molecule has 7 heteroatoms. The minimum absolute atomic E-state index is 0.0329. The van der Waals surface area contributed by atoms with E-state index < -0.39 is 0 Å². The first-order valence-electron chi connectivity index (χ1n) is 8.70. The summed E-state index contributed by atoms with van der Waals surface area (Å²) in [4.78, 5) is 28.4. The second kappa shape index (κ2) is 8.64. The lowest BCUT2D eigenvalue weighted by Gasteiger charge is -2.07. The highest BCUT2D eigenvalue weighted by Crippen LogP contribution is 2.27. The summed E-state index contributed by atoms with van der Waals surface area (Å²) in [5, 5.41) is 6.27. The van der Waals surface area contributed by atoms with Crippen LogP contribution in [0.4, 0.5) is 10.8 Å². The van der Waals surface area contributed by atoms with Gasteiger partial charge >= 0.3 is 0 Å². The summed E-state index contributed by atoms with van der Waals surface area (Å²) in [7, 11) is 1.59. The number of methoxy groups -OCH3 is 1. The number of aromatic nitrogens is 1. The number of benzene rings is 2. The average molecular weight is 383 g/mol. The van der Waals surface area contributed by atoms with E-state index in [2.05, 4.69) is 15.6 Å². The van der Waals surface area contributed by atoms with Gasteiger partial charge < -0.3 is 15.4 Å². The van der Waals surface area contributed by atoms with Gasteiger partial charge in [-0.2, -0.15) is 0 Å². The zero-order valence-electron chi connectivity index (χ0n) is 15.2. The van der Waals surface area contributed by atoms with Crippen LogP contribution < -0.4 is 15.4 Å². The van der Waals surface area contributed by atoms with Gasteiger partial charge in [0.05, 0.1) is 23.7 Å². The van der Waals surface area contributed by atoms with E-state index in [1.807, 2.05) is 43.3 Å². The minimum atomic E-state index is -0.108. The van der Waals surface area contributed by atoms with Crippen molar-refractivity contribution in [3.05, 3.63) is 48.0 Å². The molecule has 2 amide bonds. The van der Waals surface area contributed by atoms with Crippen LogP contribution in [0.5, 0.6) is 5.75 Å². The van der Waals surface area contributed by atoms with Gasteiger partial charge in [-0.05, 0) is 36.2 Å². The van der Waals surface area contributed by atoms with Gasteiger partial charge in [-0.1, -0.05) is 30.4 Å². The Kier molecular flexibility index (Phi) is 6.03. The first-order valence-corrected chi connectivity index (χ1v) is 9.52. The van der Waals surface area contributed by atoms with Gasteiger partial charge in [0.2, 0.25) is 11.8 Å².